The topological polar surface area (TPSA) is 89.8 Å². The number of methoxy groups -OCH3 is 1. The number of nitrogens with one attached hydrogen (secondary N) is 1. The van der Waals surface area contributed by atoms with E-state index in [0.717, 1.165) is 59.9 Å². The summed E-state index contributed by atoms with van der Waals surface area (Å²) in [5.41, 5.74) is 4.08. The molecule has 3 aliphatic heterocycles. The standard InChI is InChI=1S/C28H30FN7O2/c1-15-24(32-36-12-18(9-20(29)25(15)36)28(37)34-8-7-21-27(34)30-21)22-10-17-5-6-23(33-13-19(14-33)38-2)31-26(17)35(22)11-16-3-4-16/h5-6,9-10,12,16,19,21,27,30H,3-4,7-8,11,13-14H2,1-2H3. The first-order chi connectivity index (χ1) is 18.5. The Kier molecular flexibility index (Phi) is 4.73. The second-order valence-electron chi connectivity index (χ2n) is 11.3. The van der Waals surface area contributed by atoms with E-state index in [1.807, 2.05) is 6.92 Å². The zero-order valence-electron chi connectivity index (χ0n) is 21.5. The number of halogens is 1. The van der Waals surface area contributed by atoms with E-state index in [4.69, 9.17) is 14.8 Å². The van der Waals surface area contributed by atoms with E-state index >= 15 is 4.39 Å². The van der Waals surface area contributed by atoms with Crippen molar-refractivity contribution in [2.24, 2.45) is 5.92 Å². The largest absolute Gasteiger partial charge is 0.378 e. The Bertz CT molecular complexity index is 1620. The molecule has 2 atom stereocenters. The van der Waals surface area contributed by atoms with Crippen LogP contribution in [0.3, 0.4) is 0 Å². The number of carbonyl (C=O) groups excluding carboxylic acids is 1. The van der Waals surface area contributed by atoms with Crippen LogP contribution < -0.4 is 10.2 Å². The van der Waals surface area contributed by atoms with Crippen LogP contribution in [0.15, 0.2) is 30.5 Å². The maximum atomic E-state index is 15.5. The van der Waals surface area contributed by atoms with Crippen molar-refractivity contribution in [2.45, 2.75) is 51.0 Å². The number of nitrogens with zero attached hydrogens (tertiary/aromatic N) is 6. The van der Waals surface area contributed by atoms with Crippen molar-refractivity contribution in [3.8, 4) is 11.4 Å². The van der Waals surface area contributed by atoms with Crippen LogP contribution in [0.5, 0.6) is 0 Å². The van der Waals surface area contributed by atoms with Gasteiger partial charge in [0.15, 0.2) is 0 Å². The third-order valence-electron chi connectivity index (χ3n) is 8.71. The van der Waals surface area contributed by atoms with Crippen LogP contribution >= 0.6 is 0 Å². The number of anilines is 1. The highest BCUT2D eigenvalue weighted by atomic mass is 19.1. The molecule has 1 saturated carbocycles. The summed E-state index contributed by atoms with van der Waals surface area (Å²) < 4.78 is 24.7. The number of ether oxygens (including phenoxy) is 1. The summed E-state index contributed by atoms with van der Waals surface area (Å²) in [7, 11) is 1.75. The number of aryl methyl sites for hydroxylation is 1. The highest BCUT2D eigenvalue weighted by Crippen LogP contribution is 2.38. The normalized spacial score (nSPS) is 22.9. The Morgan fingerprint density at radius 1 is 1.21 bits per heavy atom. The molecule has 1 amide bonds. The molecule has 0 bridgehead atoms. The van der Waals surface area contributed by atoms with E-state index in [1.165, 1.54) is 18.9 Å². The first kappa shape index (κ1) is 22.5. The fourth-order valence-corrected chi connectivity index (χ4v) is 6.16. The van der Waals surface area contributed by atoms with Crippen molar-refractivity contribution in [3.63, 3.8) is 0 Å². The molecule has 4 aliphatic rings. The third-order valence-corrected chi connectivity index (χ3v) is 8.71. The lowest BCUT2D eigenvalue weighted by Crippen LogP contribution is -2.52. The molecular weight excluding hydrogens is 485 g/mol. The summed E-state index contributed by atoms with van der Waals surface area (Å²) >= 11 is 0. The second-order valence-corrected chi connectivity index (χ2v) is 11.3. The van der Waals surface area contributed by atoms with Gasteiger partial charge in [0.05, 0.1) is 23.5 Å². The molecule has 4 aromatic rings. The predicted molar refractivity (Wildman–Crippen MR) is 141 cm³/mol. The molecule has 2 unspecified atom stereocenters. The quantitative estimate of drug-likeness (QED) is 0.397. The molecular formula is C28H30FN7O2. The number of carbonyl (C=O) groups is 1. The lowest BCUT2D eigenvalue weighted by molar-refractivity contribution is 0.0762. The number of likely N-dealkylation sites (tertiary alicyclic amines) is 1. The van der Waals surface area contributed by atoms with Crippen molar-refractivity contribution in [1.29, 1.82) is 0 Å². The van der Waals surface area contributed by atoms with Crippen molar-refractivity contribution in [2.75, 3.05) is 31.6 Å². The third kappa shape index (κ3) is 3.39. The minimum absolute atomic E-state index is 0.0864. The van der Waals surface area contributed by atoms with Crippen LogP contribution in [-0.4, -0.2) is 75.0 Å². The maximum Gasteiger partial charge on any atom is 0.256 e. The van der Waals surface area contributed by atoms with Gasteiger partial charge in [-0.05, 0) is 56.4 Å². The Hall–Kier alpha value is -3.50. The van der Waals surface area contributed by atoms with Crippen molar-refractivity contribution in [1.82, 2.24) is 29.4 Å². The monoisotopic (exact) mass is 515 g/mol. The Balaban J connectivity index is 1.21. The van der Waals surface area contributed by atoms with Gasteiger partial charge >= 0.3 is 0 Å². The lowest BCUT2D eigenvalue weighted by Gasteiger charge is -2.39. The molecule has 196 valence electrons. The van der Waals surface area contributed by atoms with Crippen molar-refractivity contribution in [3.05, 3.63) is 47.4 Å². The van der Waals surface area contributed by atoms with Crippen LogP contribution in [-0.2, 0) is 11.3 Å². The number of hydrogen-bond donors (Lipinski definition) is 1. The van der Waals surface area contributed by atoms with Gasteiger partial charge in [-0.3, -0.25) is 10.1 Å². The first-order valence-corrected chi connectivity index (χ1v) is 13.5. The Morgan fingerprint density at radius 3 is 2.76 bits per heavy atom. The molecule has 0 radical (unpaired) electrons. The molecule has 1 aliphatic carbocycles. The SMILES string of the molecule is COC1CN(c2ccc3cc(-c4nn5cc(C(=O)N6CCC7NC76)cc(F)c5c4C)n(CC4CC4)c3n2)C1. The zero-order valence-corrected chi connectivity index (χ0v) is 21.5. The number of pyridine rings is 2. The number of amides is 1. The van der Waals surface area contributed by atoms with Gasteiger partial charge in [0, 0.05) is 56.5 Å². The van der Waals surface area contributed by atoms with Gasteiger partial charge in [-0.1, -0.05) is 0 Å². The lowest BCUT2D eigenvalue weighted by atomic mass is 10.1. The van der Waals surface area contributed by atoms with E-state index < -0.39 is 5.82 Å². The maximum absolute atomic E-state index is 15.5. The van der Waals surface area contributed by atoms with Gasteiger partial charge in [-0.2, -0.15) is 5.10 Å². The number of fused-ring (bicyclic) bond motifs is 3. The zero-order chi connectivity index (χ0) is 25.7. The molecule has 0 aromatic carbocycles. The Morgan fingerprint density at radius 2 is 2.05 bits per heavy atom. The second kappa shape index (κ2) is 8.00. The van der Waals surface area contributed by atoms with Gasteiger partial charge in [-0.15, -0.1) is 0 Å². The highest BCUT2D eigenvalue weighted by molar-refractivity contribution is 5.95. The van der Waals surface area contributed by atoms with Gasteiger partial charge in [0.2, 0.25) is 0 Å². The van der Waals surface area contributed by atoms with E-state index in [2.05, 4.69) is 33.0 Å². The van der Waals surface area contributed by atoms with E-state index in [-0.39, 0.29) is 18.2 Å². The molecule has 8 rings (SSSR count). The summed E-state index contributed by atoms with van der Waals surface area (Å²) in [5, 5.41) is 9.18. The van der Waals surface area contributed by atoms with E-state index in [1.54, 1.807) is 22.7 Å². The minimum atomic E-state index is -0.428. The van der Waals surface area contributed by atoms with E-state index in [0.29, 0.717) is 29.6 Å². The average Bonchev–Trinajstić information content (AvgIpc) is 3.76. The summed E-state index contributed by atoms with van der Waals surface area (Å²) in [5.74, 6) is 0.986. The summed E-state index contributed by atoms with van der Waals surface area (Å²) in [4.78, 5) is 22.2. The van der Waals surface area contributed by atoms with Gasteiger partial charge < -0.3 is 19.1 Å². The molecule has 7 heterocycles. The van der Waals surface area contributed by atoms with Gasteiger partial charge in [0.1, 0.15) is 28.5 Å². The molecule has 9 nitrogen and oxygen atoms in total. The Labute approximate surface area is 219 Å². The van der Waals surface area contributed by atoms with Gasteiger partial charge in [-0.25, -0.2) is 13.9 Å². The average molecular weight is 516 g/mol. The fourth-order valence-electron chi connectivity index (χ4n) is 6.16. The van der Waals surface area contributed by atoms with Crippen molar-refractivity contribution >= 4 is 28.3 Å². The smallest absolute Gasteiger partial charge is 0.256 e. The predicted octanol–water partition coefficient (Wildman–Crippen LogP) is 3.19. The van der Waals surface area contributed by atoms with Gasteiger partial charge in [0.25, 0.3) is 5.91 Å². The molecule has 3 saturated heterocycles. The van der Waals surface area contributed by atoms with Crippen molar-refractivity contribution < 1.29 is 13.9 Å². The van der Waals surface area contributed by atoms with Crippen LogP contribution in [0.2, 0.25) is 0 Å². The summed E-state index contributed by atoms with van der Waals surface area (Å²) in [6.07, 6.45) is 5.37. The summed E-state index contributed by atoms with van der Waals surface area (Å²) in [6, 6.07) is 8.04. The molecule has 38 heavy (non-hydrogen) atoms. The summed E-state index contributed by atoms with van der Waals surface area (Å²) in [6.45, 7) is 5.15. The van der Waals surface area contributed by atoms with Crippen LogP contribution in [0.4, 0.5) is 10.2 Å². The molecule has 4 fully saturated rings. The highest BCUT2D eigenvalue weighted by Gasteiger charge is 2.48. The van der Waals surface area contributed by atoms with E-state index in [9.17, 15) is 4.79 Å². The fraction of sp³-hybridized carbons (Fsp3) is 0.464. The minimum Gasteiger partial charge on any atom is -0.378 e. The van der Waals surface area contributed by atoms with Crippen LogP contribution in [0.1, 0.15) is 35.2 Å². The van der Waals surface area contributed by atoms with Crippen LogP contribution in [0.25, 0.3) is 27.9 Å². The number of aromatic nitrogens is 4. The molecule has 1 N–H and O–H groups in total. The number of hydrogen-bond acceptors (Lipinski definition) is 6. The molecule has 10 heteroatoms. The van der Waals surface area contributed by atoms with Crippen LogP contribution in [0, 0.1) is 18.7 Å². The first-order valence-electron chi connectivity index (χ1n) is 13.5. The number of rotatable bonds is 6. The molecule has 4 aromatic heterocycles. The molecule has 0 spiro atoms.